The minimum Gasteiger partial charge on any atom is -0.360 e. The van der Waals surface area contributed by atoms with E-state index in [1.54, 1.807) is 0 Å². The number of nitrogens with one attached hydrogen (secondary N) is 1. The molecule has 1 fully saturated rings. The first-order chi connectivity index (χ1) is 9.69. The maximum atomic E-state index is 5.43. The summed E-state index contributed by atoms with van der Waals surface area (Å²) in [5, 5.41) is 7.47. The molecule has 0 atom stereocenters. The molecular formula is C15H28N4O. The predicted molar refractivity (Wildman–Crippen MR) is 80.5 cm³/mol. The van der Waals surface area contributed by atoms with Crippen molar-refractivity contribution in [2.24, 2.45) is 0 Å². The minimum atomic E-state index is 0.652. The van der Waals surface area contributed by atoms with E-state index in [0.717, 1.165) is 63.7 Å². The van der Waals surface area contributed by atoms with Crippen molar-refractivity contribution < 1.29 is 4.52 Å². The van der Waals surface area contributed by atoms with Gasteiger partial charge in [-0.3, -0.25) is 9.80 Å². The molecule has 0 bridgehead atoms. The van der Waals surface area contributed by atoms with Crippen molar-refractivity contribution in [2.45, 2.75) is 46.3 Å². The summed E-state index contributed by atoms with van der Waals surface area (Å²) < 4.78 is 5.43. The second kappa shape index (κ2) is 7.76. The molecule has 2 rings (SSSR count). The molecule has 114 valence electrons. The van der Waals surface area contributed by atoms with E-state index in [9.17, 15) is 0 Å². The Balaban J connectivity index is 1.74. The van der Waals surface area contributed by atoms with Gasteiger partial charge in [0.1, 0.15) is 0 Å². The molecule has 5 heteroatoms. The first-order valence-electron chi connectivity index (χ1n) is 7.80. The Hall–Kier alpha value is -0.910. The largest absolute Gasteiger partial charge is 0.360 e. The normalized spacial score (nSPS) is 18.0. The third kappa shape index (κ3) is 4.58. The Morgan fingerprint density at radius 3 is 2.70 bits per heavy atom. The molecule has 5 nitrogen and oxygen atoms in total. The first-order valence-corrected chi connectivity index (χ1v) is 7.80. The van der Waals surface area contributed by atoms with Gasteiger partial charge in [0, 0.05) is 44.8 Å². The van der Waals surface area contributed by atoms with Crippen molar-refractivity contribution in [3.63, 3.8) is 0 Å². The number of aromatic nitrogens is 1. The van der Waals surface area contributed by atoms with Crippen molar-refractivity contribution in [3.8, 4) is 0 Å². The maximum Gasteiger partial charge on any atom is 0.151 e. The monoisotopic (exact) mass is 280 g/mol. The quantitative estimate of drug-likeness (QED) is 0.770. The SMILES string of the molecule is CCCNCc1cc(CN2CCN(C(C)C)CC2)on1. The molecule has 2 heterocycles. The number of hydrogen-bond donors (Lipinski definition) is 1. The topological polar surface area (TPSA) is 44.5 Å². The first kappa shape index (κ1) is 15.5. The zero-order valence-corrected chi connectivity index (χ0v) is 13.1. The van der Waals surface area contributed by atoms with Crippen LogP contribution in [0.15, 0.2) is 10.6 Å². The average Bonchev–Trinajstić information content (AvgIpc) is 2.87. The Labute approximate surface area is 122 Å². The highest BCUT2D eigenvalue weighted by molar-refractivity contribution is 5.05. The highest BCUT2D eigenvalue weighted by Crippen LogP contribution is 2.11. The lowest BCUT2D eigenvalue weighted by molar-refractivity contribution is 0.0973. The Bertz CT molecular complexity index is 383. The van der Waals surface area contributed by atoms with Gasteiger partial charge < -0.3 is 9.84 Å². The summed E-state index contributed by atoms with van der Waals surface area (Å²) in [6.07, 6.45) is 1.14. The molecule has 1 saturated heterocycles. The van der Waals surface area contributed by atoms with Crippen LogP contribution < -0.4 is 5.32 Å². The van der Waals surface area contributed by atoms with Crippen LogP contribution in [-0.2, 0) is 13.1 Å². The molecular weight excluding hydrogens is 252 g/mol. The highest BCUT2D eigenvalue weighted by Gasteiger charge is 2.19. The lowest BCUT2D eigenvalue weighted by Gasteiger charge is -2.36. The Kier molecular flexibility index (Phi) is 6.01. The third-order valence-electron chi connectivity index (χ3n) is 3.86. The third-order valence-corrected chi connectivity index (χ3v) is 3.86. The van der Waals surface area contributed by atoms with Crippen molar-refractivity contribution >= 4 is 0 Å². The highest BCUT2D eigenvalue weighted by atomic mass is 16.5. The van der Waals surface area contributed by atoms with Crippen LogP contribution in [0, 0.1) is 0 Å². The fraction of sp³-hybridized carbons (Fsp3) is 0.800. The summed E-state index contributed by atoms with van der Waals surface area (Å²) in [6, 6.07) is 2.73. The van der Waals surface area contributed by atoms with Gasteiger partial charge in [-0.25, -0.2) is 0 Å². The summed E-state index contributed by atoms with van der Waals surface area (Å²) in [4.78, 5) is 4.97. The van der Waals surface area contributed by atoms with E-state index in [2.05, 4.69) is 47.1 Å². The lowest BCUT2D eigenvalue weighted by atomic mass is 10.2. The van der Waals surface area contributed by atoms with Gasteiger partial charge in [0.25, 0.3) is 0 Å². The number of piperazine rings is 1. The molecule has 0 unspecified atom stereocenters. The van der Waals surface area contributed by atoms with Gasteiger partial charge in [0.15, 0.2) is 5.76 Å². The molecule has 1 aromatic rings. The molecule has 1 aliphatic rings. The van der Waals surface area contributed by atoms with Crippen LogP contribution >= 0.6 is 0 Å². The maximum absolute atomic E-state index is 5.43. The van der Waals surface area contributed by atoms with Crippen molar-refractivity contribution in [3.05, 3.63) is 17.5 Å². The zero-order chi connectivity index (χ0) is 14.4. The molecule has 0 spiro atoms. The Morgan fingerprint density at radius 1 is 1.30 bits per heavy atom. The molecule has 0 aliphatic carbocycles. The summed E-state index contributed by atoms with van der Waals surface area (Å²) in [5.41, 5.74) is 1.01. The number of nitrogens with zero attached hydrogens (tertiary/aromatic N) is 3. The van der Waals surface area contributed by atoms with Crippen LogP contribution in [0.25, 0.3) is 0 Å². The van der Waals surface area contributed by atoms with Crippen LogP contribution in [-0.4, -0.2) is 53.7 Å². The summed E-state index contributed by atoms with van der Waals surface area (Å²) in [7, 11) is 0. The fourth-order valence-corrected chi connectivity index (χ4v) is 2.57. The zero-order valence-electron chi connectivity index (χ0n) is 13.1. The molecule has 1 N–H and O–H groups in total. The van der Waals surface area contributed by atoms with Crippen molar-refractivity contribution in [1.29, 1.82) is 0 Å². The van der Waals surface area contributed by atoms with Gasteiger partial charge in [-0.05, 0) is 26.8 Å². The predicted octanol–water partition coefficient (Wildman–Crippen LogP) is 1.70. The van der Waals surface area contributed by atoms with Gasteiger partial charge in [0.05, 0.1) is 12.2 Å². The summed E-state index contributed by atoms with van der Waals surface area (Å²) in [6.45, 7) is 13.9. The van der Waals surface area contributed by atoms with Crippen molar-refractivity contribution in [2.75, 3.05) is 32.7 Å². The van der Waals surface area contributed by atoms with Crippen LogP contribution in [0.3, 0.4) is 0 Å². The summed E-state index contributed by atoms with van der Waals surface area (Å²) in [5.74, 6) is 0.983. The van der Waals surface area contributed by atoms with Crippen molar-refractivity contribution in [1.82, 2.24) is 20.3 Å². The number of rotatable bonds is 7. The second-order valence-corrected chi connectivity index (χ2v) is 5.87. The van der Waals surface area contributed by atoms with Gasteiger partial charge in [0.2, 0.25) is 0 Å². The van der Waals surface area contributed by atoms with Gasteiger partial charge in [-0.15, -0.1) is 0 Å². The van der Waals surface area contributed by atoms with E-state index < -0.39 is 0 Å². The molecule has 1 aliphatic heterocycles. The van der Waals surface area contributed by atoms with Crippen LogP contribution in [0.5, 0.6) is 0 Å². The molecule has 0 saturated carbocycles. The second-order valence-electron chi connectivity index (χ2n) is 5.87. The van der Waals surface area contributed by atoms with Crippen LogP contribution in [0.1, 0.15) is 38.6 Å². The fourth-order valence-electron chi connectivity index (χ4n) is 2.57. The van der Waals surface area contributed by atoms with Crippen LogP contribution in [0.4, 0.5) is 0 Å². The molecule has 0 amide bonds. The smallest absolute Gasteiger partial charge is 0.151 e. The Morgan fingerprint density at radius 2 is 2.05 bits per heavy atom. The van der Waals surface area contributed by atoms with Gasteiger partial charge >= 0.3 is 0 Å². The summed E-state index contributed by atoms with van der Waals surface area (Å²) >= 11 is 0. The average molecular weight is 280 g/mol. The minimum absolute atomic E-state index is 0.652. The van der Waals surface area contributed by atoms with Crippen LogP contribution in [0.2, 0.25) is 0 Å². The van der Waals surface area contributed by atoms with E-state index in [-0.39, 0.29) is 0 Å². The van der Waals surface area contributed by atoms with E-state index in [0.29, 0.717) is 6.04 Å². The molecule has 20 heavy (non-hydrogen) atoms. The molecule has 0 aromatic carbocycles. The van der Waals surface area contributed by atoms with E-state index >= 15 is 0 Å². The van der Waals surface area contributed by atoms with Gasteiger partial charge in [-0.2, -0.15) is 0 Å². The molecule has 0 radical (unpaired) electrons. The van der Waals surface area contributed by atoms with E-state index in [1.807, 2.05) is 0 Å². The van der Waals surface area contributed by atoms with Gasteiger partial charge in [-0.1, -0.05) is 12.1 Å². The lowest BCUT2D eigenvalue weighted by Crippen LogP contribution is -2.48. The van der Waals surface area contributed by atoms with E-state index in [4.69, 9.17) is 4.52 Å². The van der Waals surface area contributed by atoms with E-state index in [1.165, 1.54) is 0 Å². The molecule has 1 aromatic heterocycles. The standard InChI is InChI=1S/C15H28N4O/c1-4-5-16-11-14-10-15(20-17-14)12-18-6-8-19(9-7-18)13(2)3/h10,13,16H,4-9,11-12H2,1-3H3. The number of hydrogen-bond acceptors (Lipinski definition) is 5.